The van der Waals surface area contributed by atoms with Crippen LogP contribution in [0.3, 0.4) is 0 Å². The van der Waals surface area contributed by atoms with Gasteiger partial charge in [-0.15, -0.1) is 11.3 Å². The number of hydrogen-bond donors (Lipinski definition) is 2. The SMILES string of the molecule is O=C(NCCc1cscn1)Nc1cc(C(F)(F)F)ccc1F. The second kappa shape index (κ2) is 6.73. The number of urea groups is 1. The molecule has 0 aliphatic carbocycles. The van der Waals surface area contributed by atoms with Gasteiger partial charge in [-0.2, -0.15) is 13.2 Å². The second-order valence-corrected chi connectivity index (χ2v) is 5.02. The Hall–Kier alpha value is -2.16. The summed E-state index contributed by atoms with van der Waals surface area (Å²) in [6.07, 6.45) is -4.13. The van der Waals surface area contributed by atoms with Crippen LogP contribution in [0.15, 0.2) is 29.1 Å². The van der Waals surface area contributed by atoms with E-state index in [9.17, 15) is 22.4 Å². The average molecular weight is 333 g/mol. The molecule has 0 saturated carbocycles. The molecule has 0 saturated heterocycles. The van der Waals surface area contributed by atoms with Gasteiger partial charge in [0.25, 0.3) is 0 Å². The maximum atomic E-state index is 13.4. The van der Waals surface area contributed by atoms with E-state index in [0.717, 1.165) is 5.69 Å². The Morgan fingerprint density at radius 3 is 2.73 bits per heavy atom. The van der Waals surface area contributed by atoms with Crippen molar-refractivity contribution in [3.05, 3.63) is 46.2 Å². The quantitative estimate of drug-likeness (QED) is 0.839. The molecule has 1 aromatic carbocycles. The highest BCUT2D eigenvalue weighted by molar-refractivity contribution is 7.07. The van der Waals surface area contributed by atoms with Crippen molar-refractivity contribution in [1.82, 2.24) is 10.3 Å². The molecule has 0 bridgehead atoms. The predicted molar refractivity (Wildman–Crippen MR) is 74.2 cm³/mol. The molecule has 118 valence electrons. The van der Waals surface area contributed by atoms with E-state index < -0.39 is 29.3 Å². The first-order valence-corrected chi connectivity index (χ1v) is 7.09. The van der Waals surface area contributed by atoms with Crippen molar-refractivity contribution < 1.29 is 22.4 Å². The number of thiazole rings is 1. The summed E-state index contributed by atoms with van der Waals surface area (Å²) in [6.45, 7) is 0.232. The van der Waals surface area contributed by atoms with E-state index in [1.54, 1.807) is 5.51 Å². The second-order valence-electron chi connectivity index (χ2n) is 4.30. The Morgan fingerprint density at radius 1 is 1.32 bits per heavy atom. The van der Waals surface area contributed by atoms with E-state index in [4.69, 9.17) is 0 Å². The summed E-state index contributed by atoms with van der Waals surface area (Å²) in [5.41, 5.74) is 0.871. The maximum Gasteiger partial charge on any atom is 0.416 e. The highest BCUT2D eigenvalue weighted by atomic mass is 32.1. The van der Waals surface area contributed by atoms with Crippen LogP contribution in [0.1, 0.15) is 11.3 Å². The Morgan fingerprint density at radius 2 is 2.09 bits per heavy atom. The van der Waals surface area contributed by atoms with Crippen molar-refractivity contribution in [3.63, 3.8) is 0 Å². The molecule has 22 heavy (non-hydrogen) atoms. The van der Waals surface area contributed by atoms with Gasteiger partial charge in [0.2, 0.25) is 0 Å². The highest BCUT2D eigenvalue weighted by Crippen LogP contribution is 2.31. The van der Waals surface area contributed by atoms with E-state index >= 15 is 0 Å². The predicted octanol–water partition coefficient (Wildman–Crippen LogP) is 3.67. The Balaban J connectivity index is 1.93. The standard InChI is InChI=1S/C13H11F4N3OS/c14-10-2-1-8(13(15,16)17)5-11(10)20-12(21)18-4-3-9-6-22-7-19-9/h1-2,5-7H,3-4H2,(H2,18,20,21). The fraction of sp³-hybridized carbons (Fsp3) is 0.231. The normalized spacial score (nSPS) is 11.3. The number of nitrogens with one attached hydrogen (secondary N) is 2. The number of rotatable bonds is 4. The van der Waals surface area contributed by atoms with Crippen LogP contribution in [-0.2, 0) is 12.6 Å². The molecular formula is C13H11F4N3OS. The van der Waals surface area contributed by atoms with Crippen LogP contribution in [-0.4, -0.2) is 17.6 Å². The average Bonchev–Trinajstić information content (AvgIpc) is 2.93. The third-order valence-corrected chi connectivity index (χ3v) is 3.33. The van der Waals surface area contributed by atoms with Gasteiger partial charge in [0.15, 0.2) is 0 Å². The van der Waals surface area contributed by atoms with Crippen molar-refractivity contribution in [2.24, 2.45) is 0 Å². The first-order valence-electron chi connectivity index (χ1n) is 6.15. The van der Waals surface area contributed by atoms with Crippen LogP contribution in [0.5, 0.6) is 0 Å². The highest BCUT2D eigenvalue weighted by Gasteiger charge is 2.31. The number of carbonyl (C=O) groups excluding carboxylic acids is 1. The molecule has 9 heteroatoms. The number of hydrogen-bond acceptors (Lipinski definition) is 3. The number of anilines is 1. The first kappa shape index (κ1) is 16.2. The zero-order valence-corrected chi connectivity index (χ0v) is 11.9. The zero-order valence-electron chi connectivity index (χ0n) is 11.1. The molecule has 1 heterocycles. The lowest BCUT2D eigenvalue weighted by molar-refractivity contribution is -0.137. The number of benzene rings is 1. The van der Waals surface area contributed by atoms with Crippen molar-refractivity contribution >= 4 is 23.1 Å². The first-order chi connectivity index (χ1) is 10.4. The van der Waals surface area contributed by atoms with Crippen LogP contribution >= 0.6 is 11.3 Å². The molecule has 2 rings (SSSR count). The third-order valence-electron chi connectivity index (χ3n) is 2.69. The molecule has 0 fully saturated rings. The fourth-order valence-corrected chi connectivity index (χ4v) is 2.22. The number of nitrogens with zero attached hydrogens (tertiary/aromatic N) is 1. The monoisotopic (exact) mass is 333 g/mol. The van der Waals surface area contributed by atoms with Gasteiger partial charge >= 0.3 is 12.2 Å². The third kappa shape index (κ3) is 4.42. The van der Waals surface area contributed by atoms with Crippen LogP contribution in [0.4, 0.5) is 28.0 Å². The van der Waals surface area contributed by atoms with Crippen molar-refractivity contribution in [1.29, 1.82) is 0 Å². The number of halogens is 4. The molecule has 0 aliphatic heterocycles. The maximum absolute atomic E-state index is 13.4. The molecule has 0 aliphatic rings. The Labute approximate surface area is 127 Å². The van der Waals surface area contributed by atoms with Crippen molar-refractivity contribution in [3.8, 4) is 0 Å². The molecule has 2 N–H and O–H groups in total. The van der Waals surface area contributed by atoms with Crippen molar-refractivity contribution in [2.75, 3.05) is 11.9 Å². The van der Waals surface area contributed by atoms with Gasteiger partial charge in [-0.3, -0.25) is 0 Å². The lowest BCUT2D eigenvalue weighted by atomic mass is 10.2. The molecule has 4 nitrogen and oxygen atoms in total. The molecule has 0 spiro atoms. The molecule has 1 aromatic heterocycles. The molecule has 0 atom stereocenters. The van der Waals surface area contributed by atoms with Gasteiger partial charge in [0.1, 0.15) is 5.82 Å². The van der Waals surface area contributed by atoms with Crippen LogP contribution in [0, 0.1) is 5.82 Å². The minimum Gasteiger partial charge on any atom is -0.337 e. The summed E-state index contributed by atoms with van der Waals surface area (Å²) in [6, 6.07) is 1.04. The zero-order chi connectivity index (χ0) is 16.2. The number of alkyl halides is 3. The van der Waals surface area contributed by atoms with Gasteiger partial charge in [-0.05, 0) is 18.2 Å². The van der Waals surface area contributed by atoms with E-state index in [2.05, 4.69) is 15.6 Å². The van der Waals surface area contributed by atoms with Crippen LogP contribution in [0.25, 0.3) is 0 Å². The lowest BCUT2D eigenvalue weighted by Gasteiger charge is -2.11. The summed E-state index contributed by atoms with van der Waals surface area (Å²) in [7, 11) is 0. The topological polar surface area (TPSA) is 54.0 Å². The van der Waals surface area contributed by atoms with Gasteiger partial charge in [0, 0.05) is 18.3 Å². The smallest absolute Gasteiger partial charge is 0.337 e. The molecule has 0 unspecified atom stereocenters. The minimum absolute atomic E-state index is 0.232. The summed E-state index contributed by atoms with van der Waals surface area (Å²) in [5.74, 6) is -0.942. The van der Waals surface area contributed by atoms with E-state index in [1.165, 1.54) is 11.3 Å². The molecule has 2 amide bonds. The summed E-state index contributed by atoms with van der Waals surface area (Å²) >= 11 is 1.41. The minimum atomic E-state index is -4.61. The Kier molecular flexibility index (Phi) is 4.96. The summed E-state index contributed by atoms with van der Waals surface area (Å²) in [4.78, 5) is 15.6. The lowest BCUT2D eigenvalue weighted by Crippen LogP contribution is -2.31. The number of carbonyl (C=O) groups is 1. The number of aromatic nitrogens is 1. The van der Waals surface area contributed by atoms with Gasteiger partial charge in [0.05, 0.1) is 22.5 Å². The number of amides is 2. The van der Waals surface area contributed by atoms with Crippen LogP contribution in [0.2, 0.25) is 0 Å². The van der Waals surface area contributed by atoms with E-state index in [-0.39, 0.29) is 6.54 Å². The van der Waals surface area contributed by atoms with Crippen LogP contribution < -0.4 is 10.6 Å². The Bertz CT molecular complexity index is 643. The van der Waals surface area contributed by atoms with Gasteiger partial charge < -0.3 is 10.6 Å². The van der Waals surface area contributed by atoms with E-state index in [0.29, 0.717) is 24.6 Å². The molecule has 0 radical (unpaired) electrons. The molecule has 2 aromatic rings. The van der Waals surface area contributed by atoms with Gasteiger partial charge in [-0.1, -0.05) is 0 Å². The van der Waals surface area contributed by atoms with Gasteiger partial charge in [-0.25, -0.2) is 14.2 Å². The summed E-state index contributed by atoms with van der Waals surface area (Å²) in [5, 5.41) is 6.29. The largest absolute Gasteiger partial charge is 0.416 e. The molecular weight excluding hydrogens is 322 g/mol. The van der Waals surface area contributed by atoms with Crippen molar-refractivity contribution in [2.45, 2.75) is 12.6 Å². The fourth-order valence-electron chi connectivity index (χ4n) is 1.63. The van der Waals surface area contributed by atoms with E-state index in [1.807, 2.05) is 5.38 Å². The summed E-state index contributed by atoms with van der Waals surface area (Å²) < 4.78 is 51.1.